The van der Waals surface area contributed by atoms with Crippen molar-refractivity contribution < 1.29 is 0 Å². The van der Waals surface area contributed by atoms with E-state index in [0.717, 1.165) is 11.1 Å². The lowest BCUT2D eigenvalue weighted by atomic mass is 10.1. The average Bonchev–Trinajstić information content (AvgIpc) is 2.38. The Morgan fingerprint density at radius 2 is 1.33 bits per heavy atom. The maximum atomic E-state index is 7.30. The summed E-state index contributed by atoms with van der Waals surface area (Å²) in [4.78, 5) is 0. The van der Waals surface area contributed by atoms with E-state index in [0.29, 0.717) is 0 Å². The normalized spacial score (nSPS) is 10.0. The summed E-state index contributed by atoms with van der Waals surface area (Å²) in [6.45, 7) is 0. The van der Waals surface area contributed by atoms with Crippen molar-refractivity contribution in [2.75, 3.05) is 0 Å². The third-order valence-corrected chi connectivity index (χ3v) is 2.49. The molecular formula is C15H15ClN2. The van der Waals surface area contributed by atoms with Crippen LogP contribution in [0.1, 0.15) is 16.7 Å². The van der Waals surface area contributed by atoms with Crippen molar-refractivity contribution in [1.29, 1.82) is 5.41 Å². The molecule has 0 radical (unpaired) electrons. The van der Waals surface area contributed by atoms with Crippen molar-refractivity contribution in [3.8, 4) is 0 Å². The lowest BCUT2D eigenvalue weighted by Crippen LogP contribution is -2.10. The van der Waals surface area contributed by atoms with Gasteiger partial charge in [0.2, 0.25) is 0 Å². The zero-order chi connectivity index (χ0) is 12.1. The molecule has 0 saturated carbocycles. The van der Waals surface area contributed by atoms with Gasteiger partial charge in [0.25, 0.3) is 0 Å². The Hall–Kier alpha value is -2.06. The summed E-state index contributed by atoms with van der Waals surface area (Å²) in [5.41, 5.74) is 8.41. The van der Waals surface area contributed by atoms with Gasteiger partial charge in [0.05, 0.1) is 0 Å². The lowest BCUT2D eigenvalue weighted by molar-refractivity contribution is 1.42. The smallest absolute Gasteiger partial charge is 0.122 e. The standard InChI is InChI=1S/C15H14N2.ClH/c16-15(17)14-10-8-13(9-11-14)7-6-12-4-2-1-3-5-12;/h1-11H,(H3,16,17);1H. The van der Waals surface area contributed by atoms with Crippen molar-refractivity contribution in [3.63, 3.8) is 0 Å². The molecule has 0 heterocycles. The molecule has 0 amide bonds. The molecule has 2 aromatic rings. The predicted molar refractivity (Wildman–Crippen MR) is 80.1 cm³/mol. The first-order valence-electron chi connectivity index (χ1n) is 5.43. The van der Waals surface area contributed by atoms with E-state index in [9.17, 15) is 0 Å². The highest BCUT2D eigenvalue weighted by molar-refractivity contribution is 5.95. The third kappa shape index (κ3) is 3.75. The Kier molecular flexibility index (Phi) is 5.15. The van der Waals surface area contributed by atoms with E-state index >= 15 is 0 Å². The Morgan fingerprint density at radius 3 is 1.83 bits per heavy atom. The fourth-order valence-electron chi connectivity index (χ4n) is 1.53. The Morgan fingerprint density at radius 1 is 0.833 bits per heavy atom. The third-order valence-electron chi connectivity index (χ3n) is 2.49. The zero-order valence-electron chi connectivity index (χ0n) is 9.84. The monoisotopic (exact) mass is 258 g/mol. The van der Waals surface area contributed by atoms with Crippen molar-refractivity contribution in [1.82, 2.24) is 0 Å². The fourth-order valence-corrected chi connectivity index (χ4v) is 1.53. The first kappa shape index (κ1) is 14.0. The average molecular weight is 259 g/mol. The molecule has 2 nitrogen and oxygen atoms in total. The molecule has 0 aliphatic heterocycles. The van der Waals surface area contributed by atoms with Crippen LogP contribution in [0.5, 0.6) is 0 Å². The molecule has 2 aromatic carbocycles. The van der Waals surface area contributed by atoms with Crippen LogP contribution < -0.4 is 5.73 Å². The van der Waals surface area contributed by atoms with Gasteiger partial charge in [0.15, 0.2) is 0 Å². The molecule has 0 unspecified atom stereocenters. The Bertz CT molecular complexity index is 530. The van der Waals surface area contributed by atoms with Crippen molar-refractivity contribution in [2.24, 2.45) is 5.73 Å². The summed E-state index contributed by atoms with van der Waals surface area (Å²) in [5, 5.41) is 7.30. The predicted octanol–water partition coefficient (Wildman–Crippen LogP) is 3.56. The van der Waals surface area contributed by atoms with Gasteiger partial charge in [0.1, 0.15) is 5.84 Å². The van der Waals surface area contributed by atoms with Gasteiger partial charge in [-0.25, -0.2) is 0 Å². The molecule has 3 N–H and O–H groups in total. The van der Waals surface area contributed by atoms with E-state index in [-0.39, 0.29) is 18.2 Å². The SMILES string of the molecule is Cl.N=C(N)c1ccc(C=Cc2ccccc2)cc1. The molecule has 0 spiro atoms. The molecule has 0 aliphatic carbocycles. The second-order valence-corrected chi connectivity index (χ2v) is 3.78. The van der Waals surface area contributed by atoms with Crippen molar-refractivity contribution >= 4 is 30.4 Å². The highest BCUT2D eigenvalue weighted by Crippen LogP contribution is 2.09. The van der Waals surface area contributed by atoms with Crippen LogP contribution in [-0.2, 0) is 0 Å². The van der Waals surface area contributed by atoms with E-state index < -0.39 is 0 Å². The quantitative estimate of drug-likeness (QED) is 0.494. The summed E-state index contributed by atoms with van der Waals surface area (Å²) < 4.78 is 0. The number of rotatable bonds is 3. The number of nitrogen functional groups attached to an aromatic ring is 1. The molecule has 0 atom stereocenters. The van der Waals surface area contributed by atoms with Gasteiger partial charge in [-0.05, 0) is 11.1 Å². The lowest BCUT2D eigenvalue weighted by Gasteiger charge is -1.98. The first-order valence-corrected chi connectivity index (χ1v) is 5.43. The maximum Gasteiger partial charge on any atom is 0.122 e. The van der Waals surface area contributed by atoms with Gasteiger partial charge < -0.3 is 5.73 Å². The Balaban J connectivity index is 0.00000162. The van der Waals surface area contributed by atoms with E-state index in [1.807, 2.05) is 48.5 Å². The van der Waals surface area contributed by atoms with Gasteiger partial charge in [-0.15, -0.1) is 12.4 Å². The molecule has 0 saturated heterocycles. The molecule has 0 aliphatic rings. The molecule has 18 heavy (non-hydrogen) atoms. The van der Waals surface area contributed by atoms with Crippen LogP contribution in [0.4, 0.5) is 0 Å². The second-order valence-electron chi connectivity index (χ2n) is 3.78. The molecule has 0 fully saturated rings. The zero-order valence-corrected chi connectivity index (χ0v) is 10.7. The van der Waals surface area contributed by atoms with Crippen LogP contribution in [-0.4, -0.2) is 5.84 Å². The maximum absolute atomic E-state index is 7.30. The number of nitrogens with one attached hydrogen (secondary N) is 1. The molecule has 3 heteroatoms. The minimum atomic E-state index is 0. The highest BCUT2D eigenvalue weighted by atomic mass is 35.5. The summed E-state index contributed by atoms with van der Waals surface area (Å²) in [7, 11) is 0. The molecule has 2 rings (SSSR count). The minimum Gasteiger partial charge on any atom is -0.384 e. The Labute approximate surface area is 113 Å². The van der Waals surface area contributed by atoms with E-state index in [1.165, 1.54) is 5.56 Å². The topological polar surface area (TPSA) is 49.9 Å². The van der Waals surface area contributed by atoms with Crippen molar-refractivity contribution in [2.45, 2.75) is 0 Å². The van der Waals surface area contributed by atoms with Crippen LogP contribution in [0.25, 0.3) is 12.2 Å². The number of halogens is 1. The fraction of sp³-hybridized carbons (Fsp3) is 0. The van der Waals surface area contributed by atoms with Gasteiger partial charge in [-0.1, -0.05) is 66.7 Å². The first-order chi connectivity index (χ1) is 8.25. The van der Waals surface area contributed by atoms with Crippen LogP contribution >= 0.6 is 12.4 Å². The molecule has 0 bridgehead atoms. The number of amidine groups is 1. The highest BCUT2D eigenvalue weighted by Gasteiger charge is 1.94. The van der Waals surface area contributed by atoms with Gasteiger partial charge in [0, 0.05) is 5.56 Å². The van der Waals surface area contributed by atoms with E-state index in [2.05, 4.69) is 18.2 Å². The van der Waals surface area contributed by atoms with E-state index in [1.54, 1.807) is 0 Å². The number of nitrogens with two attached hydrogens (primary N) is 1. The van der Waals surface area contributed by atoms with Crippen molar-refractivity contribution in [3.05, 3.63) is 71.3 Å². The van der Waals surface area contributed by atoms with Crippen LogP contribution in [0.2, 0.25) is 0 Å². The van der Waals surface area contributed by atoms with Gasteiger partial charge in [-0.2, -0.15) is 0 Å². The second kappa shape index (κ2) is 6.62. The van der Waals surface area contributed by atoms with E-state index in [4.69, 9.17) is 11.1 Å². The number of hydrogen-bond acceptors (Lipinski definition) is 1. The van der Waals surface area contributed by atoms with Gasteiger partial charge in [-0.3, -0.25) is 5.41 Å². The number of benzene rings is 2. The summed E-state index contributed by atoms with van der Waals surface area (Å²) in [5.74, 6) is 0.101. The summed E-state index contributed by atoms with van der Waals surface area (Å²) in [6.07, 6.45) is 4.10. The molecule has 0 aromatic heterocycles. The van der Waals surface area contributed by atoms with Crippen LogP contribution in [0.15, 0.2) is 54.6 Å². The molecular weight excluding hydrogens is 244 g/mol. The minimum absolute atomic E-state index is 0. The largest absolute Gasteiger partial charge is 0.384 e. The van der Waals surface area contributed by atoms with Gasteiger partial charge >= 0.3 is 0 Å². The number of hydrogen-bond donors (Lipinski definition) is 2. The summed E-state index contributed by atoms with van der Waals surface area (Å²) in [6, 6.07) is 17.8. The van der Waals surface area contributed by atoms with Crippen LogP contribution in [0.3, 0.4) is 0 Å². The van der Waals surface area contributed by atoms with Crippen LogP contribution in [0, 0.1) is 5.41 Å². The summed E-state index contributed by atoms with van der Waals surface area (Å²) >= 11 is 0. The molecule has 92 valence electrons.